The molecule has 0 unspecified atom stereocenters. The summed E-state index contributed by atoms with van der Waals surface area (Å²) >= 11 is 0. The molecule has 0 aliphatic carbocycles. The van der Waals surface area contributed by atoms with Crippen LogP contribution in [0.1, 0.15) is 5.56 Å². The summed E-state index contributed by atoms with van der Waals surface area (Å²) in [5, 5.41) is 11.2. The van der Waals surface area contributed by atoms with E-state index in [9.17, 15) is 52.7 Å². The zero-order chi connectivity index (χ0) is 48.1. The molecule has 0 radical (unpaired) electrons. The van der Waals surface area contributed by atoms with Crippen LogP contribution in [0.4, 0.5) is 87.8 Å². The van der Waals surface area contributed by atoms with Crippen LogP contribution in [0.5, 0.6) is 5.88 Å². The first-order chi connectivity index (χ1) is 30.6. The molecule has 0 saturated carbocycles. The molecule has 0 bridgehead atoms. The molecule has 340 valence electrons. The zero-order valence-corrected chi connectivity index (χ0v) is 31.2. The molecule has 0 fully saturated rings. The second kappa shape index (κ2) is 18.0. The molecule has 3 nitrogen and oxygen atoms in total. The molecule has 0 aliphatic heterocycles. The monoisotopic (exact) mass is 945 g/mol. The summed E-state index contributed by atoms with van der Waals surface area (Å²) in [5.41, 5.74) is -13.1. The van der Waals surface area contributed by atoms with Crippen molar-refractivity contribution in [2.75, 3.05) is 6.79 Å². The standard InChI is InChI=1S/C24BF20.C17H16NO2/c26-5-1(6(27)14(35)21(42)13(5)34)25(2-7(28)15(36)22(43)16(37)8(2)29,3-9(30)17(38)23(44)18(39)10(3)31)4-11(32)19(40)24(45)20(41)12(4)33;19-13-20-17-16-9-5-4-8-15(16)10-11-18(17)12-14-6-2-1-3-7-14/h;1-11,19H,12-13H2/q-1;+1. The highest BCUT2D eigenvalue weighted by Gasteiger charge is 2.52. The molecule has 6 aromatic carbocycles. The quantitative estimate of drug-likeness (QED) is 0.0416. The molecule has 1 N–H and O–H groups in total. The summed E-state index contributed by atoms with van der Waals surface area (Å²) in [6.07, 6.45) is -5.23. The van der Waals surface area contributed by atoms with Gasteiger partial charge in [-0.3, -0.25) is 0 Å². The van der Waals surface area contributed by atoms with Crippen molar-refractivity contribution in [3.63, 3.8) is 0 Å². The van der Waals surface area contributed by atoms with Crippen LogP contribution in [0.2, 0.25) is 0 Å². The number of aliphatic hydroxyl groups is 1. The maximum atomic E-state index is 15.4. The number of pyridine rings is 1. The molecule has 0 aliphatic rings. The van der Waals surface area contributed by atoms with Gasteiger partial charge in [-0.05, 0) is 11.5 Å². The van der Waals surface area contributed by atoms with Gasteiger partial charge >= 0.3 is 5.88 Å². The third-order valence-electron chi connectivity index (χ3n) is 9.99. The molecule has 0 saturated heterocycles. The number of aliphatic hydroxyl groups excluding tert-OH is 1. The first-order valence-electron chi connectivity index (χ1n) is 17.5. The van der Waals surface area contributed by atoms with Crippen LogP contribution in [0, 0.1) is 116 Å². The number of halogens is 20. The predicted octanol–water partition coefficient (Wildman–Crippen LogP) is 8.35. The van der Waals surface area contributed by atoms with E-state index in [4.69, 9.17) is 9.84 Å². The fourth-order valence-electron chi connectivity index (χ4n) is 7.23. The zero-order valence-electron chi connectivity index (χ0n) is 31.2. The Labute approximate surface area is 348 Å². The second-order valence-corrected chi connectivity index (χ2v) is 13.4. The van der Waals surface area contributed by atoms with E-state index in [0.717, 1.165) is 10.8 Å². The van der Waals surface area contributed by atoms with Gasteiger partial charge in [0, 0.05) is 11.6 Å². The molecular formula is C41H16BF20NO2. The molecule has 1 aromatic heterocycles. The lowest BCUT2D eigenvalue weighted by Gasteiger charge is -2.44. The van der Waals surface area contributed by atoms with Crippen LogP contribution in [0.25, 0.3) is 10.8 Å². The van der Waals surface area contributed by atoms with Gasteiger partial charge in [-0.25, -0.2) is 87.8 Å². The molecule has 7 aromatic rings. The highest BCUT2D eigenvalue weighted by molar-refractivity contribution is 7.20. The first-order valence-corrected chi connectivity index (χ1v) is 17.5. The minimum atomic E-state index is -7.22. The molecule has 65 heavy (non-hydrogen) atoms. The number of nitrogens with zero attached hydrogens (tertiary/aromatic N) is 1. The summed E-state index contributed by atoms with van der Waals surface area (Å²) in [5.74, 6) is -70.7. The van der Waals surface area contributed by atoms with Crippen LogP contribution in [0.3, 0.4) is 0 Å². The van der Waals surface area contributed by atoms with Gasteiger partial charge in [0.25, 0.3) is 0 Å². The van der Waals surface area contributed by atoms with E-state index in [2.05, 4.69) is 18.2 Å². The molecule has 0 atom stereocenters. The van der Waals surface area contributed by atoms with Crippen molar-refractivity contribution >= 4 is 38.8 Å². The van der Waals surface area contributed by atoms with E-state index in [1.807, 2.05) is 53.2 Å². The summed E-state index contributed by atoms with van der Waals surface area (Å²) in [7, 11) is 0. The maximum absolute atomic E-state index is 15.4. The van der Waals surface area contributed by atoms with E-state index in [-0.39, 0.29) is 6.79 Å². The van der Waals surface area contributed by atoms with E-state index in [1.165, 1.54) is 5.56 Å². The molecule has 1 heterocycles. The third-order valence-corrected chi connectivity index (χ3v) is 9.99. The predicted molar refractivity (Wildman–Crippen MR) is 187 cm³/mol. The SMILES string of the molecule is Fc1c(F)c(F)c([B-](c2c(F)c(F)c(F)c(F)c2F)(c2c(F)c(F)c(F)c(F)c2F)c2c(F)c(F)c(F)c(F)c2F)c(F)c1F.OCOc1c2ccccc2cc[n+]1Cc1ccccc1. The summed E-state index contributed by atoms with van der Waals surface area (Å²) in [6.45, 7) is 0.379. The van der Waals surface area contributed by atoms with Crippen molar-refractivity contribution in [3.05, 3.63) is 189 Å². The van der Waals surface area contributed by atoms with Gasteiger partial charge in [0.05, 0.1) is 5.39 Å². The van der Waals surface area contributed by atoms with E-state index in [0.29, 0.717) is 12.4 Å². The number of ether oxygens (including phenoxy) is 1. The largest absolute Gasteiger partial charge is 0.417 e. The van der Waals surface area contributed by atoms with Crippen LogP contribution in [-0.2, 0) is 6.54 Å². The summed E-state index contributed by atoms with van der Waals surface area (Å²) in [6, 6.07) is 20.2. The molecule has 24 heteroatoms. The second-order valence-electron chi connectivity index (χ2n) is 13.4. The fraction of sp³-hybridized carbons (Fsp3) is 0.0488. The Kier molecular flexibility index (Phi) is 13.2. The van der Waals surface area contributed by atoms with E-state index >= 15 is 35.1 Å². The number of hydrogen-bond donors (Lipinski definition) is 1. The van der Waals surface area contributed by atoms with Crippen molar-refractivity contribution < 1.29 is 102 Å². The maximum Gasteiger partial charge on any atom is 0.378 e. The van der Waals surface area contributed by atoms with Crippen LogP contribution >= 0.6 is 0 Å². The molecule has 0 spiro atoms. The Morgan fingerprint density at radius 3 is 0.985 bits per heavy atom. The minimum Gasteiger partial charge on any atom is -0.417 e. The van der Waals surface area contributed by atoms with Crippen molar-refractivity contribution in [1.29, 1.82) is 0 Å². The minimum absolute atomic E-state index is 0.331. The van der Waals surface area contributed by atoms with Crippen molar-refractivity contribution in [3.8, 4) is 5.88 Å². The molecule has 0 amide bonds. The Balaban J connectivity index is 0.000000289. The average Bonchev–Trinajstić information content (AvgIpc) is 3.30. The smallest absolute Gasteiger partial charge is 0.378 e. The first kappa shape index (κ1) is 47.6. The summed E-state index contributed by atoms with van der Waals surface area (Å²) in [4.78, 5) is 0. The van der Waals surface area contributed by atoms with Gasteiger partial charge in [0.15, 0.2) is 89.3 Å². The van der Waals surface area contributed by atoms with Gasteiger partial charge in [-0.2, -0.15) is 4.57 Å². The molecule has 7 rings (SSSR count). The van der Waals surface area contributed by atoms with Crippen molar-refractivity contribution in [1.82, 2.24) is 0 Å². The van der Waals surface area contributed by atoms with Gasteiger partial charge in [-0.15, -0.1) is 21.9 Å². The number of hydrogen-bond acceptors (Lipinski definition) is 2. The van der Waals surface area contributed by atoms with Crippen molar-refractivity contribution in [2.45, 2.75) is 6.54 Å². The Morgan fingerprint density at radius 2 is 0.662 bits per heavy atom. The van der Waals surface area contributed by atoms with Gasteiger partial charge < -0.3 is 9.84 Å². The summed E-state index contributed by atoms with van der Waals surface area (Å²) < 4.78 is 301. The van der Waals surface area contributed by atoms with Gasteiger partial charge in [0.1, 0.15) is 52.7 Å². The lowest BCUT2D eigenvalue weighted by Crippen LogP contribution is -2.81. The third kappa shape index (κ3) is 7.51. The number of benzene rings is 6. The Bertz CT molecular complexity index is 2660. The van der Waals surface area contributed by atoms with E-state index in [1.54, 1.807) is 0 Å². The lowest BCUT2D eigenvalue weighted by molar-refractivity contribution is -0.692. The number of fused-ring (bicyclic) bond motifs is 1. The van der Waals surface area contributed by atoms with E-state index < -0.39 is 144 Å². The molecular weight excluding hydrogens is 929 g/mol. The number of rotatable bonds is 8. The Hall–Kier alpha value is -6.85. The fourth-order valence-corrected chi connectivity index (χ4v) is 7.23. The van der Waals surface area contributed by atoms with Gasteiger partial charge in [0.2, 0.25) is 0 Å². The van der Waals surface area contributed by atoms with Crippen LogP contribution < -0.4 is 31.2 Å². The normalized spacial score (nSPS) is 11.6. The Morgan fingerprint density at radius 1 is 0.369 bits per heavy atom. The topological polar surface area (TPSA) is 33.3 Å². The number of aromatic nitrogens is 1. The average molecular weight is 945 g/mol. The van der Waals surface area contributed by atoms with Crippen LogP contribution in [0.15, 0.2) is 66.9 Å². The van der Waals surface area contributed by atoms with Crippen LogP contribution in [-0.4, -0.2) is 18.0 Å². The lowest BCUT2D eigenvalue weighted by atomic mass is 9.12. The highest BCUT2D eigenvalue weighted by Crippen LogP contribution is 2.31. The van der Waals surface area contributed by atoms with Crippen molar-refractivity contribution in [2.24, 2.45) is 0 Å². The highest BCUT2D eigenvalue weighted by atomic mass is 19.2. The van der Waals surface area contributed by atoms with Gasteiger partial charge in [-0.1, -0.05) is 48.5 Å².